The van der Waals surface area contributed by atoms with Crippen molar-refractivity contribution >= 4 is 35.7 Å². The van der Waals surface area contributed by atoms with Crippen LogP contribution >= 0.6 is 35.7 Å². The highest BCUT2D eigenvalue weighted by Gasteiger charge is 2.54. The molecule has 6 atom stereocenters. The van der Waals surface area contributed by atoms with Crippen LogP contribution in [-0.4, -0.2) is 63.8 Å². The van der Waals surface area contributed by atoms with Crippen LogP contribution in [0.2, 0.25) is 0 Å². The number of hydrogen-bond donors (Lipinski definition) is 7. The Balaban J connectivity index is 2.13. The highest BCUT2D eigenvalue weighted by Crippen LogP contribution is 2.66. The minimum Gasteiger partial charge on any atom is -0.387 e. The third kappa shape index (κ3) is 6.45. The molecule has 3 unspecified atom stereocenters. The highest BCUT2D eigenvalue weighted by atomic mass is 32.1. The van der Waals surface area contributed by atoms with Gasteiger partial charge in [-0.3, -0.25) is 18.9 Å². The summed E-state index contributed by atoms with van der Waals surface area (Å²) in [6.07, 6.45) is -3.48. The van der Waals surface area contributed by atoms with Crippen LogP contribution in [0.25, 0.3) is 0 Å². The Hall–Kier alpha value is -0.610. The first-order valence-electron chi connectivity index (χ1n) is 7.59. The van der Waals surface area contributed by atoms with Crippen molar-refractivity contribution in [2.24, 2.45) is 0 Å². The molecule has 0 saturated carbocycles. The summed E-state index contributed by atoms with van der Waals surface area (Å²) in [5, 5.41) is 20.8. The molecule has 172 valence electrons. The predicted molar refractivity (Wildman–Crippen MR) is 96.2 cm³/mol. The number of nitrogens with one attached hydrogen (secondary N) is 1. The van der Waals surface area contributed by atoms with Crippen LogP contribution in [-0.2, 0) is 31.6 Å². The molecule has 2 rings (SSSR count). The molecule has 0 radical (unpaired) electrons. The zero-order chi connectivity index (χ0) is 23.1. The van der Waals surface area contributed by atoms with Crippen molar-refractivity contribution in [2.45, 2.75) is 31.0 Å². The maximum absolute atomic E-state index is 11.8. The molecule has 0 aromatic carbocycles. The van der Waals surface area contributed by atoms with Crippen molar-refractivity contribution in [1.29, 1.82) is 0 Å². The summed E-state index contributed by atoms with van der Waals surface area (Å²) < 4.78 is 51.5. The second-order valence-electron chi connectivity index (χ2n) is 6.10. The lowest BCUT2D eigenvalue weighted by atomic mass is 9.96. The number of rotatable bonds is 8. The highest BCUT2D eigenvalue weighted by molar-refractivity contribution is 7.71. The number of H-pyrrole nitrogens is 1. The standard InChI is InChI=1S/C10H17N2O14P3S/c1-10(15)7(14)5(24-8(10)12-3-2-6(13)11-9(12)30)4-23-28(19,20)26-29(21,22)25-27(16,17)18/h2-3,5,7-8,14-15H,4H2,1H3,(H,19,20)(H,21,22)(H,11,13,30)(H2,16,17,18)/t5-,7+,8-,10?/m1/s1. The van der Waals surface area contributed by atoms with Gasteiger partial charge in [-0.1, -0.05) is 0 Å². The van der Waals surface area contributed by atoms with Crippen LogP contribution in [0.4, 0.5) is 0 Å². The van der Waals surface area contributed by atoms with Crippen LogP contribution in [0, 0.1) is 4.77 Å². The molecule has 0 aliphatic carbocycles. The molecule has 0 amide bonds. The SMILES string of the molecule is CC1(O)[C@@H](O)[C@@H](COP(=O)(O)OP(=O)(O)OP(=O)(O)O)O[C@H]1n1ccc(=O)[nH]c1=S. The molecule has 16 nitrogen and oxygen atoms in total. The number of aromatic amines is 1. The van der Waals surface area contributed by atoms with Gasteiger partial charge >= 0.3 is 23.5 Å². The van der Waals surface area contributed by atoms with E-state index in [1.165, 1.54) is 0 Å². The normalized spacial score (nSPS) is 31.2. The Morgan fingerprint density at radius 2 is 1.83 bits per heavy atom. The summed E-state index contributed by atoms with van der Waals surface area (Å²) >= 11 is 4.95. The topological polar surface area (TPSA) is 247 Å². The summed E-state index contributed by atoms with van der Waals surface area (Å²) in [6.45, 7) is 0.147. The van der Waals surface area contributed by atoms with E-state index in [9.17, 15) is 33.6 Å². The third-order valence-electron chi connectivity index (χ3n) is 3.68. The fraction of sp³-hybridized carbons (Fsp3) is 0.600. The van der Waals surface area contributed by atoms with E-state index in [4.69, 9.17) is 31.6 Å². The second-order valence-corrected chi connectivity index (χ2v) is 10.9. The molecule has 1 aliphatic heterocycles. The van der Waals surface area contributed by atoms with E-state index in [0.717, 1.165) is 23.8 Å². The number of aliphatic hydroxyl groups excluding tert-OH is 1. The van der Waals surface area contributed by atoms with Crippen LogP contribution in [0.5, 0.6) is 0 Å². The first-order chi connectivity index (χ1) is 13.4. The zero-order valence-corrected chi connectivity index (χ0v) is 18.2. The number of nitrogens with zero attached hydrogens (tertiary/aromatic N) is 1. The van der Waals surface area contributed by atoms with Crippen molar-refractivity contribution < 1.29 is 61.4 Å². The molecule has 1 fully saturated rings. The fourth-order valence-corrected chi connectivity index (χ4v) is 5.75. The van der Waals surface area contributed by atoms with Gasteiger partial charge in [-0.2, -0.15) is 8.62 Å². The van der Waals surface area contributed by atoms with Crippen molar-refractivity contribution in [3.63, 3.8) is 0 Å². The van der Waals surface area contributed by atoms with Crippen molar-refractivity contribution in [3.05, 3.63) is 27.4 Å². The molecule has 1 saturated heterocycles. The van der Waals surface area contributed by atoms with E-state index < -0.39 is 59.7 Å². The Kier molecular flexibility index (Phi) is 7.46. The van der Waals surface area contributed by atoms with E-state index in [-0.39, 0.29) is 4.77 Å². The van der Waals surface area contributed by atoms with E-state index in [1.54, 1.807) is 0 Å². The summed E-state index contributed by atoms with van der Waals surface area (Å²) in [5.74, 6) is 0. The summed E-state index contributed by atoms with van der Waals surface area (Å²) in [4.78, 5) is 49.0. The molecule has 0 spiro atoms. The van der Waals surface area contributed by atoms with Gasteiger partial charge in [0.2, 0.25) is 0 Å². The predicted octanol–water partition coefficient (Wildman–Crippen LogP) is -0.742. The smallest absolute Gasteiger partial charge is 0.387 e. The lowest BCUT2D eigenvalue weighted by Crippen LogP contribution is -2.44. The summed E-state index contributed by atoms with van der Waals surface area (Å²) in [6, 6.07) is 1.06. The molecule has 7 N–H and O–H groups in total. The van der Waals surface area contributed by atoms with Crippen molar-refractivity contribution in [2.75, 3.05) is 6.61 Å². The van der Waals surface area contributed by atoms with Gasteiger partial charge in [-0.25, -0.2) is 13.7 Å². The first kappa shape index (κ1) is 25.6. The molecular formula is C10H17N2O14P3S. The van der Waals surface area contributed by atoms with Gasteiger partial charge in [-0.15, -0.1) is 0 Å². The van der Waals surface area contributed by atoms with Gasteiger partial charge in [0.15, 0.2) is 11.0 Å². The van der Waals surface area contributed by atoms with Crippen LogP contribution in [0.15, 0.2) is 17.1 Å². The molecule has 2 heterocycles. The fourth-order valence-electron chi connectivity index (χ4n) is 2.46. The number of phosphoric ester groups is 1. The quantitative estimate of drug-likeness (QED) is 0.167. The number of aliphatic hydroxyl groups is 2. The minimum absolute atomic E-state index is 0.173. The van der Waals surface area contributed by atoms with E-state index in [0.29, 0.717) is 0 Å². The maximum atomic E-state index is 11.8. The third-order valence-corrected chi connectivity index (χ3v) is 7.79. The van der Waals surface area contributed by atoms with Gasteiger partial charge in [0.25, 0.3) is 5.56 Å². The van der Waals surface area contributed by atoms with E-state index in [1.807, 2.05) is 0 Å². The maximum Gasteiger partial charge on any atom is 0.490 e. The molecule has 0 bridgehead atoms. The molecule has 1 aromatic heterocycles. The van der Waals surface area contributed by atoms with Crippen LogP contribution < -0.4 is 5.56 Å². The van der Waals surface area contributed by atoms with Gasteiger partial charge < -0.3 is 34.5 Å². The molecular weight excluding hydrogens is 497 g/mol. The average Bonchev–Trinajstić information content (AvgIpc) is 2.73. The van der Waals surface area contributed by atoms with Crippen LogP contribution in [0.1, 0.15) is 13.2 Å². The Morgan fingerprint density at radius 1 is 1.23 bits per heavy atom. The van der Waals surface area contributed by atoms with Gasteiger partial charge in [-0.05, 0) is 19.1 Å². The summed E-state index contributed by atoms with van der Waals surface area (Å²) in [5.41, 5.74) is -2.58. The lowest BCUT2D eigenvalue weighted by molar-refractivity contribution is -0.0978. The Labute approximate surface area is 172 Å². The number of aromatic nitrogens is 2. The second kappa shape index (κ2) is 8.73. The van der Waals surface area contributed by atoms with Gasteiger partial charge in [0.1, 0.15) is 17.8 Å². The number of phosphoric acid groups is 3. The minimum atomic E-state index is -5.71. The Morgan fingerprint density at radius 3 is 2.37 bits per heavy atom. The zero-order valence-electron chi connectivity index (χ0n) is 14.7. The van der Waals surface area contributed by atoms with E-state index in [2.05, 4.69) is 18.1 Å². The molecule has 20 heteroatoms. The van der Waals surface area contributed by atoms with Crippen LogP contribution in [0.3, 0.4) is 0 Å². The lowest BCUT2D eigenvalue weighted by Gasteiger charge is -2.27. The van der Waals surface area contributed by atoms with Crippen molar-refractivity contribution in [3.8, 4) is 0 Å². The van der Waals surface area contributed by atoms with Crippen molar-refractivity contribution in [1.82, 2.24) is 9.55 Å². The van der Waals surface area contributed by atoms with E-state index >= 15 is 0 Å². The summed E-state index contributed by atoms with van der Waals surface area (Å²) in [7, 11) is -16.7. The monoisotopic (exact) mass is 514 g/mol. The number of ether oxygens (including phenoxy) is 1. The van der Waals surface area contributed by atoms with Gasteiger partial charge in [0, 0.05) is 12.3 Å². The van der Waals surface area contributed by atoms with Gasteiger partial charge in [0.05, 0.1) is 6.61 Å². The Bertz CT molecular complexity index is 1050. The molecule has 1 aromatic rings. The average molecular weight is 514 g/mol. The number of hydrogen-bond acceptors (Lipinski definition) is 11. The molecule has 1 aliphatic rings. The molecule has 30 heavy (non-hydrogen) atoms. The largest absolute Gasteiger partial charge is 0.490 e. The first-order valence-corrected chi connectivity index (χ1v) is 12.5.